The molecule has 2 aromatic heterocycles. The molecule has 2 N–H and O–H groups in total. The summed E-state index contributed by atoms with van der Waals surface area (Å²) in [6, 6.07) is 15.1. The van der Waals surface area contributed by atoms with Crippen molar-refractivity contribution in [2.24, 2.45) is 0 Å². The summed E-state index contributed by atoms with van der Waals surface area (Å²) in [4.78, 5) is 45.5. The third-order valence-corrected chi connectivity index (χ3v) is 5.46. The van der Waals surface area contributed by atoms with E-state index in [0.717, 1.165) is 17.1 Å². The van der Waals surface area contributed by atoms with Crippen LogP contribution in [0.3, 0.4) is 0 Å². The Morgan fingerprint density at radius 3 is 2.59 bits per heavy atom. The quantitative estimate of drug-likeness (QED) is 0.359. The zero-order valence-corrected chi connectivity index (χ0v) is 17.0. The molecule has 4 aromatic rings. The van der Waals surface area contributed by atoms with Crippen molar-refractivity contribution in [1.29, 1.82) is 0 Å². The number of aromatic nitrogens is 2. The lowest BCUT2D eigenvalue weighted by Gasteiger charge is -2.26. The molecule has 5 rings (SSSR count). The predicted molar refractivity (Wildman–Crippen MR) is 114 cm³/mol. The van der Waals surface area contributed by atoms with Gasteiger partial charge in [0.05, 0.1) is 16.7 Å². The first-order valence-electron chi connectivity index (χ1n) is 9.38. The lowest BCUT2D eigenvalue weighted by Crippen LogP contribution is -2.54. The van der Waals surface area contributed by atoms with Crippen molar-refractivity contribution in [1.82, 2.24) is 15.3 Å². The number of halogens is 1. The van der Waals surface area contributed by atoms with Crippen molar-refractivity contribution >= 4 is 52.4 Å². The highest BCUT2D eigenvalue weighted by molar-refractivity contribution is 7.99. The van der Waals surface area contributed by atoms with Crippen LogP contribution in [0, 0.1) is 5.82 Å². The molecule has 2 aromatic carbocycles. The zero-order chi connectivity index (χ0) is 22.2. The largest absolute Gasteiger partial charge is 0.450 e. The maximum atomic E-state index is 14.2. The van der Waals surface area contributed by atoms with Gasteiger partial charge in [0.25, 0.3) is 11.8 Å². The van der Waals surface area contributed by atoms with Crippen LogP contribution in [0.15, 0.2) is 80.9 Å². The van der Waals surface area contributed by atoms with Crippen LogP contribution >= 0.6 is 11.8 Å². The van der Waals surface area contributed by atoms with Gasteiger partial charge in [0.15, 0.2) is 10.2 Å². The normalized spacial score (nSPS) is 15.6. The standard InChI is InChI=1S/C22H13FN4O4S/c23-14-5-1-4-8-17(14)27-20(29)13(19(28)26-22(27)30)11-12-9-10-18(31-12)32-21-24-15-6-2-3-7-16(15)25-21/h1-11H,(H,24,25)(H,26,28,30)/b13-11-. The first kappa shape index (κ1) is 19.8. The number of imide groups is 2. The Bertz CT molecular complexity index is 1390. The number of imidazole rings is 1. The minimum absolute atomic E-state index is 0.213. The van der Waals surface area contributed by atoms with E-state index in [1.165, 1.54) is 36.0 Å². The van der Waals surface area contributed by atoms with Crippen LogP contribution in [0.2, 0.25) is 0 Å². The summed E-state index contributed by atoms with van der Waals surface area (Å²) in [5.74, 6) is -2.40. The fourth-order valence-corrected chi connectivity index (χ4v) is 3.96. The van der Waals surface area contributed by atoms with E-state index in [1.807, 2.05) is 29.6 Å². The molecule has 10 heteroatoms. The van der Waals surface area contributed by atoms with Crippen LogP contribution in [0.1, 0.15) is 5.76 Å². The second kappa shape index (κ2) is 7.82. The first-order valence-corrected chi connectivity index (χ1v) is 10.2. The summed E-state index contributed by atoms with van der Waals surface area (Å²) in [6.45, 7) is 0. The van der Waals surface area contributed by atoms with E-state index in [2.05, 4.69) is 9.97 Å². The van der Waals surface area contributed by atoms with Crippen molar-refractivity contribution in [3.05, 3.63) is 77.8 Å². The lowest BCUT2D eigenvalue weighted by molar-refractivity contribution is -0.122. The van der Waals surface area contributed by atoms with Gasteiger partial charge in [0.1, 0.15) is 17.2 Å². The number of anilines is 1. The van der Waals surface area contributed by atoms with Crippen LogP contribution in [-0.2, 0) is 9.59 Å². The average Bonchev–Trinajstić information content (AvgIpc) is 3.38. The summed E-state index contributed by atoms with van der Waals surface area (Å²) >= 11 is 1.24. The molecular weight excluding hydrogens is 435 g/mol. The monoisotopic (exact) mass is 448 g/mol. The summed E-state index contributed by atoms with van der Waals surface area (Å²) in [6.07, 6.45) is 1.21. The Kier molecular flexibility index (Phi) is 4.83. The van der Waals surface area contributed by atoms with E-state index < -0.39 is 23.7 Å². The second-order valence-electron chi connectivity index (χ2n) is 6.73. The highest BCUT2D eigenvalue weighted by Crippen LogP contribution is 2.30. The molecule has 1 aliphatic heterocycles. The van der Waals surface area contributed by atoms with Crippen LogP contribution < -0.4 is 10.2 Å². The smallest absolute Gasteiger partial charge is 0.336 e. The van der Waals surface area contributed by atoms with E-state index in [1.54, 1.807) is 12.1 Å². The predicted octanol–water partition coefficient (Wildman–Crippen LogP) is 4.11. The number of benzene rings is 2. The number of fused-ring (bicyclic) bond motifs is 1. The van der Waals surface area contributed by atoms with Crippen LogP contribution in [-0.4, -0.2) is 27.8 Å². The maximum absolute atomic E-state index is 14.2. The molecule has 3 heterocycles. The molecule has 0 saturated carbocycles. The van der Waals surface area contributed by atoms with Gasteiger partial charge in [-0.2, -0.15) is 0 Å². The number of nitrogens with one attached hydrogen (secondary N) is 2. The van der Waals surface area contributed by atoms with Gasteiger partial charge in [-0.25, -0.2) is 19.1 Å². The Morgan fingerprint density at radius 1 is 1.00 bits per heavy atom. The number of amides is 4. The van der Waals surface area contributed by atoms with Crippen molar-refractivity contribution in [3.63, 3.8) is 0 Å². The zero-order valence-electron chi connectivity index (χ0n) is 16.2. The Morgan fingerprint density at radius 2 is 1.78 bits per heavy atom. The number of aromatic amines is 1. The molecule has 0 aliphatic carbocycles. The minimum Gasteiger partial charge on any atom is -0.450 e. The summed E-state index contributed by atoms with van der Waals surface area (Å²) in [5, 5.41) is 3.13. The number of carbonyl (C=O) groups is 3. The Hall–Kier alpha value is -4.18. The number of furan rings is 1. The fourth-order valence-electron chi connectivity index (χ4n) is 3.19. The molecule has 1 aliphatic rings. The van der Waals surface area contributed by atoms with Crippen molar-refractivity contribution in [3.8, 4) is 0 Å². The molecule has 1 fully saturated rings. The molecule has 0 atom stereocenters. The number of urea groups is 1. The van der Waals surface area contributed by atoms with Gasteiger partial charge < -0.3 is 9.40 Å². The van der Waals surface area contributed by atoms with E-state index >= 15 is 0 Å². The number of hydrogen-bond acceptors (Lipinski definition) is 6. The molecule has 0 bridgehead atoms. The molecule has 0 unspecified atom stereocenters. The summed E-state index contributed by atoms with van der Waals surface area (Å²) in [7, 11) is 0. The van der Waals surface area contributed by atoms with Gasteiger partial charge in [-0.15, -0.1) is 0 Å². The maximum Gasteiger partial charge on any atom is 0.336 e. The third kappa shape index (κ3) is 3.56. The topological polar surface area (TPSA) is 108 Å². The average molecular weight is 448 g/mol. The van der Waals surface area contributed by atoms with E-state index in [4.69, 9.17) is 4.42 Å². The number of barbiturate groups is 1. The highest BCUT2D eigenvalue weighted by Gasteiger charge is 2.38. The SMILES string of the molecule is O=C1NC(=O)N(c2ccccc2F)C(=O)/C1=C\c1ccc(Sc2nc3ccccc3[nH]2)o1. The number of rotatable bonds is 4. The van der Waals surface area contributed by atoms with Crippen LogP contribution in [0.25, 0.3) is 17.1 Å². The number of carbonyl (C=O) groups excluding carboxylic acids is 3. The Balaban J connectivity index is 1.42. The molecule has 1 saturated heterocycles. The van der Waals surface area contributed by atoms with Gasteiger partial charge in [-0.1, -0.05) is 24.3 Å². The first-order chi connectivity index (χ1) is 15.5. The van der Waals surface area contributed by atoms with E-state index in [9.17, 15) is 18.8 Å². The Labute approximate surface area is 184 Å². The van der Waals surface area contributed by atoms with E-state index in [0.29, 0.717) is 15.1 Å². The minimum atomic E-state index is -1.03. The van der Waals surface area contributed by atoms with Gasteiger partial charge in [0.2, 0.25) is 0 Å². The van der Waals surface area contributed by atoms with Crippen molar-refractivity contribution in [2.45, 2.75) is 10.2 Å². The lowest BCUT2D eigenvalue weighted by atomic mass is 10.1. The summed E-state index contributed by atoms with van der Waals surface area (Å²) < 4.78 is 19.8. The second-order valence-corrected chi connectivity index (χ2v) is 7.72. The number of H-pyrrole nitrogens is 1. The molecule has 8 nitrogen and oxygen atoms in total. The number of para-hydroxylation sites is 3. The molecular formula is C22H13FN4O4S. The van der Waals surface area contributed by atoms with Gasteiger partial charge in [-0.05, 0) is 54.2 Å². The molecule has 0 radical (unpaired) electrons. The number of hydrogen-bond donors (Lipinski definition) is 2. The van der Waals surface area contributed by atoms with E-state index in [-0.39, 0.29) is 17.0 Å². The van der Waals surface area contributed by atoms with Gasteiger partial charge >= 0.3 is 6.03 Å². The van der Waals surface area contributed by atoms with Crippen molar-refractivity contribution < 1.29 is 23.2 Å². The third-order valence-electron chi connectivity index (χ3n) is 4.65. The highest BCUT2D eigenvalue weighted by atomic mass is 32.2. The van der Waals surface area contributed by atoms with Gasteiger partial charge in [0, 0.05) is 0 Å². The molecule has 32 heavy (non-hydrogen) atoms. The van der Waals surface area contributed by atoms with Crippen LogP contribution in [0.5, 0.6) is 0 Å². The fraction of sp³-hybridized carbons (Fsp3) is 0. The number of nitrogens with zero attached hydrogens (tertiary/aromatic N) is 2. The van der Waals surface area contributed by atoms with Crippen molar-refractivity contribution in [2.75, 3.05) is 4.90 Å². The molecule has 0 spiro atoms. The van der Waals surface area contributed by atoms with Crippen LogP contribution in [0.4, 0.5) is 14.9 Å². The van der Waals surface area contributed by atoms with Gasteiger partial charge in [-0.3, -0.25) is 14.9 Å². The summed E-state index contributed by atoms with van der Waals surface area (Å²) in [5.41, 5.74) is 1.08. The molecule has 4 amide bonds. The molecule has 158 valence electrons.